The van der Waals surface area contributed by atoms with E-state index in [-0.39, 0.29) is 5.76 Å². The molecule has 0 spiro atoms. The van der Waals surface area contributed by atoms with Crippen LogP contribution < -0.4 is 5.73 Å². The van der Waals surface area contributed by atoms with Crippen LogP contribution in [0.3, 0.4) is 0 Å². The van der Waals surface area contributed by atoms with Crippen molar-refractivity contribution in [2.75, 3.05) is 5.73 Å². The highest BCUT2D eigenvalue weighted by Gasteiger charge is 2.12. The fraction of sp³-hybridized carbons (Fsp3) is 0.111. The highest BCUT2D eigenvalue weighted by molar-refractivity contribution is 5.81. The summed E-state index contributed by atoms with van der Waals surface area (Å²) in [4.78, 5) is 0. The van der Waals surface area contributed by atoms with E-state index in [1.54, 1.807) is 18.2 Å². The van der Waals surface area contributed by atoms with Crippen LogP contribution in [-0.2, 0) is 0 Å². The zero-order chi connectivity index (χ0) is 9.42. The van der Waals surface area contributed by atoms with E-state index >= 15 is 0 Å². The van der Waals surface area contributed by atoms with Crippen LogP contribution >= 0.6 is 0 Å². The predicted octanol–water partition coefficient (Wildman–Crippen LogP) is 2.95. The molecule has 0 unspecified atom stereocenters. The molecule has 2 N–H and O–H groups in total. The average molecular weight is 183 g/mol. The molecular weight excluding hydrogens is 176 g/mol. The van der Waals surface area contributed by atoms with E-state index in [2.05, 4.69) is 0 Å². The Kier molecular flexibility index (Phi) is 1.69. The fourth-order valence-electron chi connectivity index (χ4n) is 1.19. The summed E-state index contributed by atoms with van der Waals surface area (Å²) < 4.78 is 29.2. The molecular formula is C9H7F2NO. The van der Waals surface area contributed by atoms with Gasteiger partial charge in [-0.1, -0.05) is 0 Å². The lowest BCUT2D eigenvalue weighted by atomic mass is 10.2. The van der Waals surface area contributed by atoms with E-state index in [4.69, 9.17) is 10.2 Å². The van der Waals surface area contributed by atoms with Crippen LogP contribution in [0, 0.1) is 0 Å². The van der Waals surface area contributed by atoms with Gasteiger partial charge in [-0.25, -0.2) is 8.78 Å². The number of alkyl halides is 2. The quantitative estimate of drug-likeness (QED) is 0.690. The third-order valence-electron chi connectivity index (χ3n) is 1.77. The van der Waals surface area contributed by atoms with E-state index in [9.17, 15) is 8.78 Å². The molecule has 0 amide bonds. The lowest BCUT2D eigenvalue weighted by Crippen LogP contribution is -1.81. The van der Waals surface area contributed by atoms with Crippen molar-refractivity contribution in [3.8, 4) is 0 Å². The number of rotatable bonds is 1. The van der Waals surface area contributed by atoms with Crippen molar-refractivity contribution in [1.29, 1.82) is 0 Å². The van der Waals surface area contributed by atoms with Crippen LogP contribution in [0.25, 0.3) is 11.0 Å². The summed E-state index contributed by atoms with van der Waals surface area (Å²) in [6.45, 7) is 0. The number of halogens is 2. The minimum Gasteiger partial charge on any atom is -0.455 e. The van der Waals surface area contributed by atoms with Crippen LogP contribution in [-0.4, -0.2) is 0 Å². The van der Waals surface area contributed by atoms with Gasteiger partial charge in [0.15, 0.2) is 5.76 Å². The van der Waals surface area contributed by atoms with Crippen molar-refractivity contribution in [2.24, 2.45) is 0 Å². The van der Waals surface area contributed by atoms with Gasteiger partial charge in [0, 0.05) is 11.1 Å². The Bertz CT molecular complexity index is 436. The third kappa shape index (κ3) is 1.35. The highest BCUT2D eigenvalue weighted by atomic mass is 19.3. The Labute approximate surface area is 72.9 Å². The van der Waals surface area contributed by atoms with Gasteiger partial charge in [0.2, 0.25) is 0 Å². The Morgan fingerprint density at radius 1 is 1.23 bits per heavy atom. The van der Waals surface area contributed by atoms with Gasteiger partial charge in [-0.3, -0.25) is 0 Å². The molecule has 0 bridgehead atoms. The van der Waals surface area contributed by atoms with Crippen LogP contribution in [0.2, 0.25) is 0 Å². The minimum atomic E-state index is -2.58. The molecule has 0 saturated carbocycles. The summed E-state index contributed by atoms with van der Waals surface area (Å²) in [6.07, 6.45) is -2.58. The van der Waals surface area contributed by atoms with Crippen molar-refractivity contribution >= 4 is 16.7 Å². The maximum atomic E-state index is 12.2. The van der Waals surface area contributed by atoms with Gasteiger partial charge in [0.05, 0.1) is 0 Å². The summed E-state index contributed by atoms with van der Waals surface area (Å²) in [5.74, 6) is -0.319. The topological polar surface area (TPSA) is 39.2 Å². The van der Waals surface area contributed by atoms with Gasteiger partial charge in [-0.05, 0) is 24.3 Å². The molecule has 2 nitrogen and oxygen atoms in total. The lowest BCUT2D eigenvalue weighted by Gasteiger charge is -1.90. The standard InChI is InChI=1S/C9H7F2NO/c10-9(11)8-4-5-3-6(12)1-2-7(5)13-8/h1-4,9H,12H2. The summed E-state index contributed by atoms with van der Waals surface area (Å²) in [7, 11) is 0. The predicted molar refractivity (Wildman–Crippen MR) is 45.6 cm³/mol. The maximum Gasteiger partial charge on any atom is 0.295 e. The Hall–Kier alpha value is -1.58. The molecule has 1 aromatic heterocycles. The second-order valence-corrected chi connectivity index (χ2v) is 2.75. The molecule has 0 aliphatic rings. The number of hydrogen-bond donors (Lipinski definition) is 1. The molecule has 0 saturated heterocycles. The molecule has 0 aliphatic heterocycles. The molecule has 68 valence electrons. The van der Waals surface area contributed by atoms with Crippen molar-refractivity contribution in [2.45, 2.75) is 6.43 Å². The molecule has 2 aromatic rings. The van der Waals surface area contributed by atoms with Crippen LogP contribution in [0.4, 0.5) is 14.5 Å². The number of nitrogen functional groups attached to an aromatic ring is 1. The SMILES string of the molecule is Nc1ccc2oc(C(F)F)cc2c1. The van der Waals surface area contributed by atoms with E-state index in [1.165, 1.54) is 6.07 Å². The summed E-state index contributed by atoms with van der Waals surface area (Å²) >= 11 is 0. The molecule has 1 aromatic carbocycles. The second-order valence-electron chi connectivity index (χ2n) is 2.75. The minimum absolute atomic E-state index is 0.319. The number of fused-ring (bicyclic) bond motifs is 1. The number of furan rings is 1. The zero-order valence-corrected chi connectivity index (χ0v) is 6.63. The first kappa shape index (κ1) is 8.04. The van der Waals surface area contributed by atoms with Crippen molar-refractivity contribution in [3.63, 3.8) is 0 Å². The molecule has 4 heteroatoms. The third-order valence-corrected chi connectivity index (χ3v) is 1.77. The van der Waals surface area contributed by atoms with E-state index in [0.29, 0.717) is 16.7 Å². The van der Waals surface area contributed by atoms with Gasteiger partial charge in [0.25, 0.3) is 6.43 Å². The van der Waals surface area contributed by atoms with Gasteiger partial charge in [0.1, 0.15) is 5.58 Å². The van der Waals surface area contributed by atoms with Gasteiger partial charge in [-0.2, -0.15) is 0 Å². The molecule has 2 rings (SSSR count). The van der Waals surface area contributed by atoms with Crippen LogP contribution in [0.15, 0.2) is 28.7 Å². The lowest BCUT2D eigenvalue weighted by molar-refractivity contribution is 0.124. The molecule has 1 heterocycles. The Morgan fingerprint density at radius 3 is 2.69 bits per heavy atom. The highest BCUT2D eigenvalue weighted by Crippen LogP contribution is 2.27. The number of hydrogen-bond acceptors (Lipinski definition) is 2. The number of anilines is 1. The molecule has 13 heavy (non-hydrogen) atoms. The van der Waals surface area contributed by atoms with Crippen molar-refractivity contribution in [1.82, 2.24) is 0 Å². The summed E-state index contributed by atoms with van der Waals surface area (Å²) in [5, 5.41) is 0.607. The number of benzene rings is 1. The summed E-state index contributed by atoms with van der Waals surface area (Å²) in [5.41, 5.74) is 6.45. The molecule has 0 radical (unpaired) electrons. The zero-order valence-electron chi connectivity index (χ0n) is 6.63. The van der Waals surface area contributed by atoms with Gasteiger partial charge in [-0.15, -0.1) is 0 Å². The Morgan fingerprint density at radius 2 is 2.00 bits per heavy atom. The molecule has 0 aliphatic carbocycles. The van der Waals surface area contributed by atoms with Crippen molar-refractivity contribution in [3.05, 3.63) is 30.0 Å². The smallest absolute Gasteiger partial charge is 0.295 e. The second kappa shape index (κ2) is 2.73. The molecule has 0 fully saturated rings. The summed E-state index contributed by atoms with van der Waals surface area (Å²) in [6, 6.07) is 6.10. The average Bonchev–Trinajstić information content (AvgIpc) is 2.46. The largest absolute Gasteiger partial charge is 0.455 e. The molecule has 0 atom stereocenters. The normalized spacial score (nSPS) is 11.3. The first-order chi connectivity index (χ1) is 6.16. The van der Waals surface area contributed by atoms with Crippen molar-refractivity contribution < 1.29 is 13.2 Å². The number of nitrogens with two attached hydrogens (primary N) is 1. The Balaban J connectivity index is 2.62. The fourth-order valence-corrected chi connectivity index (χ4v) is 1.19. The van der Waals surface area contributed by atoms with Gasteiger partial charge >= 0.3 is 0 Å². The van der Waals surface area contributed by atoms with Crippen LogP contribution in [0.1, 0.15) is 12.2 Å². The van der Waals surface area contributed by atoms with E-state index in [1.807, 2.05) is 0 Å². The first-order valence-electron chi connectivity index (χ1n) is 3.74. The maximum absolute atomic E-state index is 12.2. The van der Waals surface area contributed by atoms with Gasteiger partial charge < -0.3 is 10.2 Å². The first-order valence-corrected chi connectivity index (χ1v) is 3.74. The monoisotopic (exact) mass is 183 g/mol. The van der Waals surface area contributed by atoms with E-state index < -0.39 is 6.43 Å². The van der Waals surface area contributed by atoms with E-state index in [0.717, 1.165) is 0 Å². The van der Waals surface area contributed by atoms with Crippen LogP contribution in [0.5, 0.6) is 0 Å².